The van der Waals surface area contributed by atoms with Crippen molar-refractivity contribution in [2.45, 2.75) is 40.7 Å². The molecule has 0 radical (unpaired) electrons. The van der Waals surface area contributed by atoms with Crippen molar-refractivity contribution in [1.29, 1.82) is 0 Å². The summed E-state index contributed by atoms with van der Waals surface area (Å²) in [5.41, 5.74) is 0. The highest BCUT2D eigenvalue weighted by molar-refractivity contribution is 4.69. The van der Waals surface area contributed by atoms with Crippen molar-refractivity contribution in [2.75, 3.05) is 26.2 Å². The van der Waals surface area contributed by atoms with Crippen LogP contribution in [0.5, 0.6) is 0 Å². The van der Waals surface area contributed by atoms with E-state index >= 15 is 0 Å². The van der Waals surface area contributed by atoms with E-state index in [9.17, 15) is 0 Å². The van der Waals surface area contributed by atoms with E-state index in [1.165, 1.54) is 6.54 Å². The molecule has 0 aliphatic rings. The second-order valence-electron chi connectivity index (χ2n) is 4.14. The van der Waals surface area contributed by atoms with Crippen molar-refractivity contribution < 1.29 is 0 Å². The molecule has 0 aliphatic heterocycles. The molecule has 0 saturated carbocycles. The normalized spacial score (nSPS) is 14.1. The zero-order chi connectivity index (χ0) is 10.3. The number of hydrogen-bond acceptors (Lipinski definition) is 2. The van der Waals surface area contributed by atoms with Crippen molar-refractivity contribution in [3.05, 3.63) is 0 Å². The fraction of sp³-hybridized carbons (Fsp3) is 1.00. The summed E-state index contributed by atoms with van der Waals surface area (Å²) >= 11 is 0. The summed E-state index contributed by atoms with van der Waals surface area (Å²) in [7, 11) is 0. The van der Waals surface area contributed by atoms with E-state index in [1.807, 2.05) is 0 Å². The number of nitrogens with zero attached hydrogens (tertiary/aromatic N) is 1. The van der Waals surface area contributed by atoms with Gasteiger partial charge in [-0.15, -0.1) is 0 Å². The summed E-state index contributed by atoms with van der Waals surface area (Å²) in [5.74, 6) is 0.768. The highest BCUT2D eigenvalue weighted by Crippen LogP contribution is 2.03. The predicted octanol–water partition coefficient (Wildman–Crippen LogP) is 1.96. The van der Waals surface area contributed by atoms with Crippen LogP contribution in [0.25, 0.3) is 0 Å². The Morgan fingerprint density at radius 3 is 2.15 bits per heavy atom. The quantitative estimate of drug-likeness (QED) is 0.654. The van der Waals surface area contributed by atoms with Gasteiger partial charge >= 0.3 is 0 Å². The van der Waals surface area contributed by atoms with Crippen molar-refractivity contribution in [3.8, 4) is 0 Å². The molecule has 0 aromatic heterocycles. The molecule has 0 fully saturated rings. The largest absolute Gasteiger partial charge is 0.315 e. The highest BCUT2D eigenvalue weighted by atomic mass is 15.2. The molecule has 80 valence electrons. The molecule has 0 bridgehead atoms. The average molecular weight is 186 g/mol. The molecule has 2 heteroatoms. The van der Waals surface area contributed by atoms with Crippen molar-refractivity contribution in [2.24, 2.45) is 5.92 Å². The van der Waals surface area contributed by atoms with E-state index in [-0.39, 0.29) is 0 Å². The Bertz CT molecular complexity index is 113. The van der Waals surface area contributed by atoms with Crippen LogP contribution >= 0.6 is 0 Å². The maximum absolute atomic E-state index is 3.39. The number of likely N-dealkylation sites (N-methyl/N-ethyl adjacent to an activating group) is 2. The molecular formula is C11H26N2. The monoisotopic (exact) mass is 186 g/mol. The smallest absolute Gasteiger partial charge is 0.0192 e. The van der Waals surface area contributed by atoms with E-state index in [0.717, 1.165) is 25.6 Å². The van der Waals surface area contributed by atoms with Gasteiger partial charge in [-0.1, -0.05) is 27.7 Å². The summed E-state index contributed by atoms with van der Waals surface area (Å²) in [6.07, 6.45) is 0. The molecule has 1 atom stereocenters. The molecule has 13 heavy (non-hydrogen) atoms. The van der Waals surface area contributed by atoms with Gasteiger partial charge in [-0.3, -0.25) is 4.90 Å². The maximum Gasteiger partial charge on any atom is 0.0192 e. The third-order valence-electron chi connectivity index (χ3n) is 2.32. The zero-order valence-corrected chi connectivity index (χ0v) is 9.93. The molecule has 0 aromatic rings. The van der Waals surface area contributed by atoms with Crippen LogP contribution in [0.4, 0.5) is 0 Å². The lowest BCUT2D eigenvalue weighted by atomic mass is 10.1. The summed E-state index contributed by atoms with van der Waals surface area (Å²) in [4.78, 5) is 2.54. The first-order valence-corrected chi connectivity index (χ1v) is 5.56. The number of hydrogen-bond donors (Lipinski definition) is 1. The van der Waals surface area contributed by atoms with Crippen LogP contribution in [0, 0.1) is 5.92 Å². The lowest BCUT2D eigenvalue weighted by Gasteiger charge is -2.29. The molecule has 0 heterocycles. The second-order valence-corrected chi connectivity index (χ2v) is 4.14. The van der Waals surface area contributed by atoms with E-state index in [2.05, 4.69) is 44.8 Å². The first kappa shape index (κ1) is 12.9. The predicted molar refractivity (Wildman–Crippen MR) is 60.1 cm³/mol. The van der Waals surface area contributed by atoms with E-state index in [4.69, 9.17) is 0 Å². The Morgan fingerprint density at radius 1 is 1.15 bits per heavy atom. The highest BCUT2D eigenvalue weighted by Gasteiger charge is 2.11. The summed E-state index contributed by atoms with van der Waals surface area (Å²) < 4.78 is 0. The molecule has 0 spiro atoms. The first-order chi connectivity index (χ1) is 6.11. The van der Waals surface area contributed by atoms with Crippen molar-refractivity contribution in [1.82, 2.24) is 10.2 Å². The average Bonchev–Trinajstić information content (AvgIpc) is 2.09. The second kappa shape index (κ2) is 7.34. The fourth-order valence-electron chi connectivity index (χ4n) is 1.57. The standard InChI is InChI=1S/C11H26N2/c1-6-12-8-11(5)13(7-2)9-10(3)4/h10-12H,6-9H2,1-5H3. The maximum atomic E-state index is 3.39. The SMILES string of the molecule is CCNCC(C)N(CC)CC(C)C. The number of nitrogens with one attached hydrogen (secondary N) is 1. The van der Waals surface area contributed by atoms with Crippen molar-refractivity contribution >= 4 is 0 Å². The van der Waals surface area contributed by atoms with Crippen molar-refractivity contribution in [3.63, 3.8) is 0 Å². The van der Waals surface area contributed by atoms with E-state index < -0.39 is 0 Å². The Balaban J connectivity index is 3.77. The van der Waals surface area contributed by atoms with Gasteiger partial charge in [0.15, 0.2) is 0 Å². The molecule has 0 aliphatic carbocycles. The molecule has 0 rings (SSSR count). The zero-order valence-electron chi connectivity index (χ0n) is 9.93. The molecular weight excluding hydrogens is 160 g/mol. The van der Waals surface area contributed by atoms with Gasteiger partial charge in [0.2, 0.25) is 0 Å². The van der Waals surface area contributed by atoms with Crippen LogP contribution < -0.4 is 5.32 Å². The molecule has 0 saturated heterocycles. The summed E-state index contributed by atoms with van der Waals surface area (Å²) in [5, 5.41) is 3.39. The first-order valence-electron chi connectivity index (χ1n) is 5.56. The van der Waals surface area contributed by atoms with Gasteiger partial charge < -0.3 is 5.32 Å². The van der Waals surface area contributed by atoms with Gasteiger partial charge in [0.25, 0.3) is 0 Å². The van der Waals surface area contributed by atoms with E-state index in [1.54, 1.807) is 0 Å². The van der Waals surface area contributed by atoms with Gasteiger partial charge in [0, 0.05) is 19.1 Å². The van der Waals surface area contributed by atoms with Gasteiger partial charge in [0.05, 0.1) is 0 Å². The molecule has 0 aromatic carbocycles. The molecule has 2 nitrogen and oxygen atoms in total. The topological polar surface area (TPSA) is 15.3 Å². The molecule has 1 N–H and O–H groups in total. The minimum absolute atomic E-state index is 0.660. The van der Waals surface area contributed by atoms with Crippen LogP contribution in [0.2, 0.25) is 0 Å². The van der Waals surface area contributed by atoms with Crippen LogP contribution in [-0.4, -0.2) is 37.1 Å². The van der Waals surface area contributed by atoms with Gasteiger partial charge in [-0.2, -0.15) is 0 Å². The third-order valence-corrected chi connectivity index (χ3v) is 2.32. The Kier molecular flexibility index (Phi) is 7.29. The summed E-state index contributed by atoms with van der Waals surface area (Å²) in [6.45, 7) is 15.8. The van der Waals surface area contributed by atoms with Crippen LogP contribution in [0.1, 0.15) is 34.6 Å². The Morgan fingerprint density at radius 2 is 1.77 bits per heavy atom. The summed E-state index contributed by atoms with van der Waals surface area (Å²) in [6, 6.07) is 0.660. The molecule has 0 amide bonds. The van der Waals surface area contributed by atoms with Crippen LogP contribution in [-0.2, 0) is 0 Å². The Labute approximate surface area is 83.7 Å². The fourth-order valence-corrected chi connectivity index (χ4v) is 1.57. The van der Waals surface area contributed by atoms with Crippen LogP contribution in [0.15, 0.2) is 0 Å². The third kappa shape index (κ3) is 6.05. The Hall–Kier alpha value is -0.0800. The van der Waals surface area contributed by atoms with Gasteiger partial charge in [0.1, 0.15) is 0 Å². The molecule has 1 unspecified atom stereocenters. The number of rotatable bonds is 7. The van der Waals surface area contributed by atoms with E-state index in [0.29, 0.717) is 6.04 Å². The van der Waals surface area contributed by atoms with Gasteiger partial charge in [-0.05, 0) is 25.9 Å². The van der Waals surface area contributed by atoms with Gasteiger partial charge in [-0.25, -0.2) is 0 Å². The lowest BCUT2D eigenvalue weighted by Crippen LogP contribution is -2.42. The lowest BCUT2D eigenvalue weighted by molar-refractivity contribution is 0.193. The minimum Gasteiger partial charge on any atom is -0.315 e. The van der Waals surface area contributed by atoms with Crippen LogP contribution in [0.3, 0.4) is 0 Å². The minimum atomic E-state index is 0.660.